The number of benzene rings is 2. The number of aryl methyl sites for hydroxylation is 3. The molecular weight excluding hydrogens is 252 g/mol. The van der Waals surface area contributed by atoms with Crippen molar-refractivity contribution >= 4 is 11.4 Å². The average Bonchev–Trinajstić information content (AvgIpc) is 2.39. The predicted octanol–water partition coefficient (Wildman–Crippen LogP) is 4.13. The molecule has 2 rings (SSSR count). The fraction of sp³-hybridized carbons (Fsp3) is 0.250. The quantitative estimate of drug-likeness (QED) is 0.671. The third-order valence-electron chi connectivity index (χ3n) is 3.34. The minimum Gasteiger partial charge on any atom is -0.381 e. The average molecular weight is 270 g/mol. The predicted molar refractivity (Wildman–Crippen MR) is 81.1 cm³/mol. The molecule has 0 aliphatic heterocycles. The van der Waals surface area contributed by atoms with Gasteiger partial charge in [-0.1, -0.05) is 29.8 Å². The molecule has 4 heteroatoms. The second-order valence-electron chi connectivity index (χ2n) is 5.05. The van der Waals surface area contributed by atoms with Gasteiger partial charge in [0.25, 0.3) is 5.69 Å². The van der Waals surface area contributed by atoms with E-state index in [9.17, 15) is 10.1 Å². The largest absolute Gasteiger partial charge is 0.381 e. The Kier molecular flexibility index (Phi) is 4.03. The summed E-state index contributed by atoms with van der Waals surface area (Å²) in [7, 11) is 0. The van der Waals surface area contributed by atoms with Crippen LogP contribution in [0.1, 0.15) is 22.3 Å². The first-order chi connectivity index (χ1) is 9.47. The lowest BCUT2D eigenvalue weighted by Gasteiger charge is -2.11. The second-order valence-corrected chi connectivity index (χ2v) is 5.05. The zero-order valence-corrected chi connectivity index (χ0v) is 11.9. The Morgan fingerprint density at radius 2 is 1.70 bits per heavy atom. The third-order valence-corrected chi connectivity index (χ3v) is 3.34. The smallest absolute Gasteiger partial charge is 0.274 e. The van der Waals surface area contributed by atoms with Crippen molar-refractivity contribution in [1.82, 2.24) is 0 Å². The number of nitro benzene ring substituents is 1. The number of anilines is 1. The number of rotatable bonds is 4. The standard InChI is InChI=1S/C16H18N2O2/c1-11-4-6-14(7-5-11)10-17-15-9-16(18(19)20)13(3)8-12(15)2/h4-9,17H,10H2,1-3H3. The molecule has 4 nitrogen and oxygen atoms in total. The van der Waals surface area contributed by atoms with Gasteiger partial charge in [-0.3, -0.25) is 10.1 Å². The number of hydrogen-bond acceptors (Lipinski definition) is 3. The first kappa shape index (κ1) is 14.1. The van der Waals surface area contributed by atoms with E-state index in [4.69, 9.17) is 0 Å². The van der Waals surface area contributed by atoms with Crippen molar-refractivity contribution in [3.05, 3.63) is 68.8 Å². The van der Waals surface area contributed by atoms with Gasteiger partial charge in [-0.2, -0.15) is 0 Å². The lowest BCUT2D eigenvalue weighted by atomic mass is 10.1. The van der Waals surface area contributed by atoms with Gasteiger partial charge >= 0.3 is 0 Å². The van der Waals surface area contributed by atoms with Crippen LogP contribution in [0, 0.1) is 30.9 Å². The second kappa shape index (κ2) is 5.74. The van der Waals surface area contributed by atoms with E-state index in [1.54, 1.807) is 13.0 Å². The minimum atomic E-state index is -0.341. The van der Waals surface area contributed by atoms with Gasteiger partial charge in [0.15, 0.2) is 0 Å². The summed E-state index contributed by atoms with van der Waals surface area (Å²) in [4.78, 5) is 10.6. The molecule has 2 aromatic rings. The summed E-state index contributed by atoms with van der Waals surface area (Å²) in [6.45, 7) is 6.41. The molecule has 0 radical (unpaired) electrons. The van der Waals surface area contributed by atoms with Gasteiger partial charge in [-0.25, -0.2) is 0 Å². The minimum absolute atomic E-state index is 0.155. The molecule has 0 spiro atoms. The molecule has 0 bridgehead atoms. The molecule has 0 aromatic heterocycles. The highest BCUT2D eigenvalue weighted by Gasteiger charge is 2.13. The molecule has 0 atom stereocenters. The highest BCUT2D eigenvalue weighted by molar-refractivity contribution is 5.60. The summed E-state index contributed by atoms with van der Waals surface area (Å²) in [5, 5.41) is 14.2. The number of nitrogens with zero attached hydrogens (tertiary/aromatic N) is 1. The molecule has 0 fully saturated rings. The van der Waals surface area contributed by atoms with Gasteiger partial charge in [-0.05, 0) is 38.0 Å². The van der Waals surface area contributed by atoms with Gasteiger partial charge in [0.05, 0.1) is 4.92 Å². The van der Waals surface area contributed by atoms with Crippen molar-refractivity contribution in [2.24, 2.45) is 0 Å². The Morgan fingerprint density at radius 1 is 1.05 bits per heavy atom. The van der Waals surface area contributed by atoms with Crippen LogP contribution in [0.2, 0.25) is 0 Å². The first-order valence-corrected chi connectivity index (χ1v) is 6.52. The highest BCUT2D eigenvalue weighted by atomic mass is 16.6. The molecule has 0 saturated carbocycles. The third kappa shape index (κ3) is 3.15. The summed E-state index contributed by atoms with van der Waals surface area (Å²) in [6.07, 6.45) is 0. The van der Waals surface area contributed by atoms with Gasteiger partial charge in [0, 0.05) is 23.9 Å². The maximum Gasteiger partial charge on any atom is 0.274 e. The maximum absolute atomic E-state index is 11.0. The van der Waals surface area contributed by atoms with Crippen LogP contribution in [0.25, 0.3) is 0 Å². The number of nitrogens with one attached hydrogen (secondary N) is 1. The maximum atomic E-state index is 11.0. The summed E-state index contributed by atoms with van der Waals surface area (Å²) < 4.78 is 0. The Hall–Kier alpha value is -2.36. The van der Waals surface area contributed by atoms with Crippen molar-refractivity contribution < 1.29 is 4.92 Å². The monoisotopic (exact) mass is 270 g/mol. The lowest BCUT2D eigenvalue weighted by Crippen LogP contribution is -2.03. The van der Waals surface area contributed by atoms with Gasteiger partial charge in [0.2, 0.25) is 0 Å². The normalized spacial score (nSPS) is 10.3. The van der Waals surface area contributed by atoms with E-state index in [2.05, 4.69) is 29.6 Å². The number of hydrogen-bond donors (Lipinski definition) is 1. The molecule has 2 aromatic carbocycles. The van der Waals surface area contributed by atoms with Crippen molar-refractivity contribution in [2.45, 2.75) is 27.3 Å². The summed E-state index contributed by atoms with van der Waals surface area (Å²) in [5.41, 5.74) is 5.03. The van der Waals surface area contributed by atoms with Crippen LogP contribution in [0.3, 0.4) is 0 Å². The van der Waals surface area contributed by atoms with Crippen LogP contribution in [-0.4, -0.2) is 4.92 Å². The van der Waals surface area contributed by atoms with Gasteiger partial charge < -0.3 is 5.32 Å². The molecule has 1 N–H and O–H groups in total. The van der Waals surface area contributed by atoms with Crippen molar-refractivity contribution in [3.63, 3.8) is 0 Å². The Labute approximate surface area is 118 Å². The molecule has 0 heterocycles. The summed E-state index contributed by atoms with van der Waals surface area (Å²) in [5.74, 6) is 0. The molecular formula is C16H18N2O2. The molecule has 0 unspecified atom stereocenters. The first-order valence-electron chi connectivity index (χ1n) is 6.52. The van der Waals surface area contributed by atoms with E-state index in [-0.39, 0.29) is 10.6 Å². The number of nitro groups is 1. The van der Waals surface area contributed by atoms with Crippen LogP contribution < -0.4 is 5.32 Å². The van der Waals surface area contributed by atoms with Crippen LogP contribution in [-0.2, 0) is 6.54 Å². The zero-order valence-electron chi connectivity index (χ0n) is 11.9. The Morgan fingerprint density at radius 3 is 2.30 bits per heavy atom. The van der Waals surface area contributed by atoms with Crippen molar-refractivity contribution in [2.75, 3.05) is 5.32 Å². The van der Waals surface area contributed by atoms with Crippen LogP contribution >= 0.6 is 0 Å². The fourth-order valence-electron chi connectivity index (χ4n) is 2.13. The van der Waals surface area contributed by atoms with E-state index in [0.717, 1.165) is 16.8 Å². The van der Waals surface area contributed by atoms with E-state index >= 15 is 0 Å². The van der Waals surface area contributed by atoms with E-state index in [0.29, 0.717) is 12.1 Å². The van der Waals surface area contributed by atoms with Crippen molar-refractivity contribution in [1.29, 1.82) is 0 Å². The Bertz CT molecular complexity index is 634. The molecule has 0 saturated heterocycles. The summed E-state index contributed by atoms with van der Waals surface area (Å²) >= 11 is 0. The summed E-state index contributed by atoms with van der Waals surface area (Å²) in [6, 6.07) is 11.7. The molecule has 104 valence electrons. The topological polar surface area (TPSA) is 55.2 Å². The van der Waals surface area contributed by atoms with E-state index < -0.39 is 0 Å². The molecule has 0 aliphatic rings. The SMILES string of the molecule is Cc1ccc(CNc2cc([N+](=O)[O-])c(C)cc2C)cc1. The fourth-order valence-corrected chi connectivity index (χ4v) is 2.13. The van der Waals surface area contributed by atoms with Crippen LogP contribution in [0.15, 0.2) is 36.4 Å². The van der Waals surface area contributed by atoms with Gasteiger partial charge in [0.1, 0.15) is 0 Å². The Balaban J connectivity index is 2.18. The van der Waals surface area contributed by atoms with Crippen LogP contribution in [0.4, 0.5) is 11.4 Å². The van der Waals surface area contributed by atoms with E-state index in [1.807, 2.05) is 19.9 Å². The van der Waals surface area contributed by atoms with Crippen molar-refractivity contribution in [3.8, 4) is 0 Å². The molecule has 0 aliphatic carbocycles. The van der Waals surface area contributed by atoms with E-state index in [1.165, 1.54) is 5.56 Å². The lowest BCUT2D eigenvalue weighted by molar-refractivity contribution is -0.385. The highest BCUT2D eigenvalue weighted by Crippen LogP contribution is 2.26. The van der Waals surface area contributed by atoms with Gasteiger partial charge in [-0.15, -0.1) is 0 Å². The zero-order chi connectivity index (χ0) is 14.7. The molecule has 20 heavy (non-hydrogen) atoms. The van der Waals surface area contributed by atoms with Crippen LogP contribution in [0.5, 0.6) is 0 Å². The molecule has 0 amide bonds.